The maximum atomic E-state index is 14.5. The highest BCUT2D eigenvalue weighted by Crippen LogP contribution is 2.27. The zero-order valence-electron chi connectivity index (χ0n) is 20.0. The maximum Gasteiger partial charge on any atom is 0.291 e. The molecule has 4 heterocycles. The van der Waals surface area contributed by atoms with Gasteiger partial charge in [0.25, 0.3) is 5.56 Å². The molecule has 1 saturated heterocycles. The van der Waals surface area contributed by atoms with Crippen molar-refractivity contribution in [3.8, 4) is 0 Å². The summed E-state index contributed by atoms with van der Waals surface area (Å²) in [5.41, 5.74) is 1.31. The maximum absolute atomic E-state index is 14.5. The Hall–Kier alpha value is -4.60. The van der Waals surface area contributed by atoms with E-state index in [1.807, 2.05) is 33.7 Å². The molecule has 0 radical (unpaired) electrons. The van der Waals surface area contributed by atoms with Crippen molar-refractivity contribution in [2.75, 3.05) is 31.1 Å². The van der Waals surface area contributed by atoms with Gasteiger partial charge in [0, 0.05) is 60.4 Å². The lowest BCUT2D eigenvalue weighted by Crippen LogP contribution is -2.50. The molecule has 3 aromatic heterocycles. The minimum atomic E-state index is -0.380. The third kappa shape index (κ3) is 4.20. The molecule has 1 amide bonds. The quantitative estimate of drug-likeness (QED) is 0.371. The SMILES string of the molecule is O=C(Cn1ncc2c3ccccc3n(Cc3ccccc3F)c2c1=O)N1CCN(c2ncccn2)CC1. The fourth-order valence-electron chi connectivity index (χ4n) is 4.91. The summed E-state index contributed by atoms with van der Waals surface area (Å²) in [5, 5.41) is 5.87. The van der Waals surface area contributed by atoms with Gasteiger partial charge in [-0.1, -0.05) is 36.4 Å². The summed E-state index contributed by atoms with van der Waals surface area (Å²) < 4.78 is 17.5. The fourth-order valence-corrected chi connectivity index (χ4v) is 4.91. The number of benzene rings is 2. The molecule has 10 heteroatoms. The van der Waals surface area contributed by atoms with Gasteiger partial charge in [-0.2, -0.15) is 5.10 Å². The Labute approximate surface area is 211 Å². The Morgan fingerprint density at radius 1 is 0.892 bits per heavy atom. The van der Waals surface area contributed by atoms with Crippen LogP contribution in [0.2, 0.25) is 0 Å². The van der Waals surface area contributed by atoms with Crippen LogP contribution in [0, 0.1) is 5.82 Å². The van der Waals surface area contributed by atoms with E-state index in [9.17, 15) is 14.0 Å². The predicted molar refractivity (Wildman–Crippen MR) is 138 cm³/mol. The third-order valence-corrected chi connectivity index (χ3v) is 6.81. The van der Waals surface area contributed by atoms with Crippen LogP contribution in [-0.2, 0) is 17.9 Å². The molecular formula is C27H24FN7O2. The second-order valence-electron chi connectivity index (χ2n) is 8.98. The van der Waals surface area contributed by atoms with E-state index in [1.165, 1.54) is 10.7 Å². The largest absolute Gasteiger partial charge is 0.338 e. The average molecular weight is 498 g/mol. The number of fused-ring (bicyclic) bond motifs is 3. The number of anilines is 1. The molecule has 0 bridgehead atoms. The molecule has 186 valence electrons. The zero-order chi connectivity index (χ0) is 25.4. The van der Waals surface area contributed by atoms with Gasteiger partial charge >= 0.3 is 0 Å². The van der Waals surface area contributed by atoms with Crippen LogP contribution in [0.15, 0.2) is 78.0 Å². The van der Waals surface area contributed by atoms with E-state index >= 15 is 0 Å². The summed E-state index contributed by atoms with van der Waals surface area (Å²) in [5.74, 6) is 0.123. The molecule has 5 aromatic rings. The first-order chi connectivity index (χ1) is 18.1. The smallest absolute Gasteiger partial charge is 0.291 e. The van der Waals surface area contributed by atoms with Gasteiger partial charge < -0.3 is 14.4 Å². The lowest BCUT2D eigenvalue weighted by molar-refractivity contribution is -0.132. The summed E-state index contributed by atoms with van der Waals surface area (Å²) in [6, 6.07) is 15.9. The average Bonchev–Trinajstić information content (AvgIpc) is 3.26. The van der Waals surface area contributed by atoms with Crippen LogP contribution in [0.5, 0.6) is 0 Å². The van der Waals surface area contributed by atoms with Crippen molar-refractivity contribution in [3.05, 3.63) is 94.9 Å². The highest BCUT2D eigenvalue weighted by molar-refractivity contribution is 6.07. The van der Waals surface area contributed by atoms with E-state index in [0.29, 0.717) is 48.6 Å². The topological polar surface area (TPSA) is 89.2 Å². The first-order valence-electron chi connectivity index (χ1n) is 12.1. The molecule has 0 unspecified atom stereocenters. The van der Waals surface area contributed by atoms with Crippen LogP contribution in [-0.4, -0.2) is 61.3 Å². The summed E-state index contributed by atoms with van der Waals surface area (Å²) >= 11 is 0. The number of para-hydroxylation sites is 1. The molecular weight excluding hydrogens is 473 g/mol. The van der Waals surface area contributed by atoms with E-state index in [1.54, 1.807) is 47.8 Å². The Kier molecular flexibility index (Phi) is 5.84. The number of amides is 1. The summed E-state index contributed by atoms with van der Waals surface area (Å²) in [7, 11) is 0. The predicted octanol–water partition coefficient (Wildman–Crippen LogP) is 2.68. The summed E-state index contributed by atoms with van der Waals surface area (Å²) in [6.07, 6.45) is 5.01. The molecule has 0 saturated carbocycles. The molecule has 0 atom stereocenters. The number of hydrogen-bond acceptors (Lipinski definition) is 6. The summed E-state index contributed by atoms with van der Waals surface area (Å²) in [6.45, 7) is 2.23. The monoisotopic (exact) mass is 497 g/mol. The standard InChI is InChI=1S/C27H24FN7O2/c28-22-8-3-1-6-19(22)17-34-23-9-4-2-7-20(23)21-16-31-35(26(37)25(21)34)18-24(36)32-12-14-33(15-13-32)27-29-10-5-11-30-27/h1-11,16H,12-15,17-18H2. The Bertz CT molecular complexity index is 1660. The normalized spacial score (nSPS) is 14.0. The van der Waals surface area contributed by atoms with E-state index in [2.05, 4.69) is 15.1 Å². The molecule has 0 spiro atoms. The lowest BCUT2D eigenvalue weighted by atomic mass is 10.2. The molecule has 6 rings (SSSR count). The number of carbonyl (C=O) groups excluding carboxylic acids is 1. The van der Waals surface area contributed by atoms with Crippen LogP contribution in [0.1, 0.15) is 5.56 Å². The molecule has 37 heavy (non-hydrogen) atoms. The van der Waals surface area contributed by atoms with Gasteiger partial charge in [0.15, 0.2) is 0 Å². The lowest BCUT2D eigenvalue weighted by Gasteiger charge is -2.34. The second kappa shape index (κ2) is 9.45. The van der Waals surface area contributed by atoms with Gasteiger partial charge in [-0.05, 0) is 18.2 Å². The van der Waals surface area contributed by atoms with E-state index in [-0.39, 0.29) is 30.4 Å². The van der Waals surface area contributed by atoms with Crippen molar-refractivity contribution in [2.45, 2.75) is 13.1 Å². The van der Waals surface area contributed by atoms with Crippen molar-refractivity contribution in [2.24, 2.45) is 0 Å². The molecule has 9 nitrogen and oxygen atoms in total. The van der Waals surface area contributed by atoms with Crippen molar-refractivity contribution >= 4 is 33.7 Å². The minimum absolute atomic E-state index is 0.169. The van der Waals surface area contributed by atoms with Gasteiger partial charge in [0.2, 0.25) is 11.9 Å². The first-order valence-corrected chi connectivity index (χ1v) is 12.1. The van der Waals surface area contributed by atoms with Crippen molar-refractivity contribution in [1.29, 1.82) is 0 Å². The number of carbonyl (C=O) groups is 1. The number of halogens is 1. The highest BCUT2D eigenvalue weighted by atomic mass is 19.1. The van der Waals surface area contributed by atoms with E-state index < -0.39 is 0 Å². The summed E-state index contributed by atoms with van der Waals surface area (Å²) in [4.78, 5) is 39.1. The third-order valence-electron chi connectivity index (χ3n) is 6.81. The van der Waals surface area contributed by atoms with Gasteiger partial charge in [-0.15, -0.1) is 0 Å². The Morgan fingerprint density at radius 3 is 2.41 bits per heavy atom. The number of aromatic nitrogens is 5. The fraction of sp³-hybridized carbons (Fsp3) is 0.222. The zero-order valence-corrected chi connectivity index (χ0v) is 20.0. The number of nitrogens with zero attached hydrogens (tertiary/aromatic N) is 7. The van der Waals surface area contributed by atoms with Crippen molar-refractivity contribution < 1.29 is 9.18 Å². The number of rotatable bonds is 5. The number of hydrogen-bond donors (Lipinski definition) is 0. The highest BCUT2D eigenvalue weighted by Gasteiger charge is 2.24. The minimum Gasteiger partial charge on any atom is -0.338 e. The van der Waals surface area contributed by atoms with Gasteiger partial charge in [0.05, 0.1) is 12.7 Å². The Morgan fingerprint density at radius 2 is 1.62 bits per heavy atom. The van der Waals surface area contributed by atoms with Gasteiger partial charge in [0.1, 0.15) is 17.9 Å². The molecule has 0 N–H and O–H groups in total. The van der Waals surface area contributed by atoms with Crippen molar-refractivity contribution in [1.82, 2.24) is 29.2 Å². The van der Waals surface area contributed by atoms with Crippen LogP contribution in [0.4, 0.5) is 10.3 Å². The van der Waals surface area contributed by atoms with E-state index in [0.717, 1.165) is 10.9 Å². The van der Waals surface area contributed by atoms with Crippen LogP contribution in [0.3, 0.4) is 0 Å². The molecule has 1 aliphatic rings. The van der Waals surface area contributed by atoms with Gasteiger partial charge in [-0.25, -0.2) is 19.0 Å². The Balaban J connectivity index is 1.29. The first kappa shape index (κ1) is 22.8. The number of piperazine rings is 1. The molecule has 0 aliphatic carbocycles. The van der Waals surface area contributed by atoms with Crippen LogP contribution in [0.25, 0.3) is 21.8 Å². The van der Waals surface area contributed by atoms with Gasteiger partial charge in [-0.3, -0.25) is 9.59 Å². The molecule has 2 aromatic carbocycles. The second-order valence-corrected chi connectivity index (χ2v) is 8.98. The van der Waals surface area contributed by atoms with E-state index in [4.69, 9.17) is 0 Å². The van der Waals surface area contributed by atoms with Crippen LogP contribution >= 0.6 is 0 Å². The molecule has 1 fully saturated rings. The molecule has 1 aliphatic heterocycles. The van der Waals surface area contributed by atoms with Crippen molar-refractivity contribution in [3.63, 3.8) is 0 Å². The van der Waals surface area contributed by atoms with Crippen LogP contribution < -0.4 is 10.5 Å².